The number of likely N-dealkylation sites (tertiary alicyclic amines) is 1. The SMILES string of the molecule is CC(NC(=O)C(CC(=O)N1CCCC[C@@H]1C)NS(=O)(=O)c1ccccc1)c1ncc(-c2ccc(F)cc2F)[nH]1. The molecule has 1 fully saturated rings. The molecule has 3 aromatic rings. The number of hydrogen-bond donors (Lipinski definition) is 3. The summed E-state index contributed by atoms with van der Waals surface area (Å²) in [5.41, 5.74) is 0.377. The molecule has 12 heteroatoms. The van der Waals surface area contributed by atoms with Gasteiger partial charge in [0.05, 0.1) is 29.2 Å². The normalized spacial score (nSPS) is 17.4. The van der Waals surface area contributed by atoms with Crippen molar-refractivity contribution >= 4 is 21.8 Å². The van der Waals surface area contributed by atoms with Crippen molar-refractivity contribution in [2.45, 2.75) is 62.6 Å². The molecule has 0 radical (unpaired) electrons. The van der Waals surface area contributed by atoms with E-state index < -0.39 is 39.6 Å². The molecule has 208 valence electrons. The van der Waals surface area contributed by atoms with E-state index in [0.717, 1.165) is 31.4 Å². The molecule has 1 aromatic heterocycles. The molecule has 0 aliphatic carbocycles. The minimum absolute atomic E-state index is 0.00647. The zero-order valence-corrected chi connectivity index (χ0v) is 22.5. The summed E-state index contributed by atoms with van der Waals surface area (Å²) in [6, 6.07) is 8.59. The monoisotopic (exact) mass is 559 g/mol. The van der Waals surface area contributed by atoms with E-state index in [1.807, 2.05) is 6.92 Å². The number of sulfonamides is 1. The molecule has 0 bridgehead atoms. The van der Waals surface area contributed by atoms with Gasteiger partial charge in [-0.25, -0.2) is 22.2 Å². The fourth-order valence-electron chi connectivity index (χ4n) is 4.59. The average molecular weight is 560 g/mol. The fourth-order valence-corrected chi connectivity index (χ4v) is 5.80. The van der Waals surface area contributed by atoms with Crippen molar-refractivity contribution in [3.8, 4) is 11.3 Å². The van der Waals surface area contributed by atoms with Crippen molar-refractivity contribution in [3.05, 3.63) is 72.2 Å². The van der Waals surface area contributed by atoms with Crippen LogP contribution in [0, 0.1) is 11.6 Å². The topological polar surface area (TPSA) is 124 Å². The van der Waals surface area contributed by atoms with Gasteiger partial charge in [-0.05, 0) is 57.4 Å². The lowest BCUT2D eigenvalue weighted by Crippen LogP contribution is -2.51. The number of halogens is 2. The average Bonchev–Trinajstić information content (AvgIpc) is 3.39. The Kier molecular flexibility index (Phi) is 8.76. The van der Waals surface area contributed by atoms with Crippen LogP contribution in [-0.2, 0) is 19.6 Å². The van der Waals surface area contributed by atoms with Crippen LogP contribution in [0.25, 0.3) is 11.3 Å². The van der Waals surface area contributed by atoms with Crippen molar-refractivity contribution in [2.24, 2.45) is 0 Å². The first-order valence-corrected chi connectivity index (χ1v) is 14.2. The summed E-state index contributed by atoms with van der Waals surface area (Å²) in [5, 5.41) is 2.69. The molecule has 2 aromatic carbocycles. The lowest BCUT2D eigenvalue weighted by atomic mass is 10.0. The Morgan fingerprint density at radius 1 is 1.15 bits per heavy atom. The fraction of sp³-hybridized carbons (Fsp3) is 0.370. The molecule has 9 nitrogen and oxygen atoms in total. The molecule has 2 heterocycles. The highest BCUT2D eigenvalue weighted by molar-refractivity contribution is 7.89. The number of imidazole rings is 1. The maximum atomic E-state index is 14.2. The number of H-pyrrole nitrogens is 1. The Balaban J connectivity index is 1.53. The van der Waals surface area contributed by atoms with E-state index in [0.29, 0.717) is 6.54 Å². The number of aromatic amines is 1. The summed E-state index contributed by atoms with van der Waals surface area (Å²) >= 11 is 0. The second kappa shape index (κ2) is 12.0. The third kappa shape index (κ3) is 6.87. The second-order valence-corrected chi connectivity index (χ2v) is 11.4. The number of nitrogens with zero attached hydrogens (tertiary/aromatic N) is 2. The summed E-state index contributed by atoms with van der Waals surface area (Å²) in [4.78, 5) is 35.2. The maximum Gasteiger partial charge on any atom is 0.241 e. The number of carbonyl (C=O) groups is 2. The molecule has 1 aliphatic rings. The van der Waals surface area contributed by atoms with Gasteiger partial charge in [0.15, 0.2) is 0 Å². The largest absolute Gasteiger partial charge is 0.345 e. The van der Waals surface area contributed by atoms with Gasteiger partial charge >= 0.3 is 0 Å². The zero-order valence-electron chi connectivity index (χ0n) is 21.7. The van der Waals surface area contributed by atoms with Crippen LogP contribution in [0.15, 0.2) is 59.6 Å². The minimum atomic E-state index is -4.11. The summed E-state index contributed by atoms with van der Waals surface area (Å²) in [6.45, 7) is 4.09. The number of benzene rings is 2. The molecule has 2 amide bonds. The van der Waals surface area contributed by atoms with E-state index in [1.54, 1.807) is 30.0 Å². The van der Waals surface area contributed by atoms with E-state index >= 15 is 0 Å². The molecule has 39 heavy (non-hydrogen) atoms. The van der Waals surface area contributed by atoms with Gasteiger partial charge in [-0.3, -0.25) is 9.59 Å². The highest BCUT2D eigenvalue weighted by Crippen LogP contribution is 2.24. The van der Waals surface area contributed by atoms with Crippen molar-refractivity contribution in [2.75, 3.05) is 6.54 Å². The van der Waals surface area contributed by atoms with Crippen LogP contribution < -0.4 is 10.0 Å². The van der Waals surface area contributed by atoms with Crippen molar-refractivity contribution in [1.29, 1.82) is 0 Å². The van der Waals surface area contributed by atoms with Crippen molar-refractivity contribution in [3.63, 3.8) is 0 Å². The van der Waals surface area contributed by atoms with Gasteiger partial charge in [-0.2, -0.15) is 4.72 Å². The number of nitrogens with one attached hydrogen (secondary N) is 3. The van der Waals surface area contributed by atoms with Crippen LogP contribution in [0.5, 0.6) is 0 Å². The summed E-state index contributed by atoms with van der Waals surface area (Å²) in [7, 11) is -4.11. The van der Waals surface area contributed by atoms with E-state index in [4.69, 9.17) is 0 Å². The molecular weight excluding hydrogens is 528 g/mol. The number of carbonyl (C=O) groups excluding carboxylic acids is 2. The number of rotatable bonds is 9. The van der Waals surface area contributed by atoms with Gasteiger partial charge in [-0.15, -0.1) is 0 Å². The zero-order chi connectivity index (χ0) is 28.2. The highest BCUT2D eigenvalue weighted by atomic mass is 32.2. The predicted molar refractivity (Wildman–Crippen MR) is 141 cm³/mol. The first-order chi connectivity index (χ1) is 18.5. The van der Waals surface area contributed by atoms with Crippen molar-refractivity contribution < 1.29 is 26.8 Å². The molecule has 3 atom stereocenters. The molecule has 0 saturated carbocycles. The number of hydrogen-bond acceptors (Lipinski definition) is 5. The lowest BCUT2D eigenvalue weighted by Gasteiger charge is -2.34. The van der Waals surface area contributed by atoms with Gasteiger partial charge in [0.2, 0.25) is 21.8 Å². The maximum absolute atomic E-state index is 14.2. The van der Waals surface area contributed by atoms with Gasteiger partial charge in [0.25, 0.3) is 0 Å². The number of amides is 2. The minimum Gasteiger partial charge on any atom is -0.345 e. The molecule has 1 aliphatic heterocycles. The van der Waals surface area contributed by atoms with E-state index in [1.165, 1.54) is 24.4 Å². The van der Waals surface area contributed by atoms with Crippen LogP contribution in [0.1, 0.15) is 51.4 Å². The molecular formula is C27H31F2N5O4S. The van der Waals surface area contributed by atoms with Crippen molar-refractivity contribution in [1.82, 2.24) is 24.9 Å². The van der Waals surface area contributed by atoms with Crippen LogP contribution in [0.2, 0.25) is 0 Å². The molecule has 0 spiro atoms. The second-order valence-electron chi connectivity index (χ2n) is 9.66. The Labute approximate surface area is 226 Å². The highest BCUT2D eigenvalue weighted by Gasteiger charge is 2.32. The Bertz CT molecular complexity index is 1430. The quantitative estimate of drug-likeness (QED) is 0.369. The van der Waals surface area contributed by atoms with Gasteiger partial charge in [0.1, 0.15) is 23.5 Å². The summed E-state index contributed by atoms with van der Waals surface area (Å²) in [5.74, 6) is -2.26. The standard InChI is InChI=1S/C27H31F2N5O4S/c1-17-8-6-7-13-34(17)25(35)15-23(33-39(37,38)20-9-4-3-5-10-20)27(36)31-18(2)26-30-16-24(32-26)21-12-11-19(28)14-22(21)29/h3-5,9-12,14,16-18,23,33H,6-8,13,15H2,1-2H3,(H,30,32)(H,31,36)/t17-,18?,23?/m0/s1. The van der Waals surface area contributed by atoms with Gasteiger partial charge in [-0.1, -0.05) is 18.2 Å². The van der Waals surface area contributed by atoms with Crippen LogP contribution in [0.4, 0.5) is 8.78 Å². The van der Waals surface area contributed by atoms with Crippen LogP contribution >= 0.6 is 0 Å². The number of aromatic nitrogens is 2. The Morgan fingerprint density at radius 3 is 2.59 bits per heavy atom. The molecule has 2 unspecified atom stereocenters. The van der Waals surface area contributed by atoms with Crippen LogP contribution in [0.3, 0.4) is 0 Å². The Hall–Kier alpha value is -3.64. The van der Waals surface area contributed by atoms with E-state index in [9.17, 15) is 26.8 Å². The summed E-state index contributed by atoms with van der Waals surface area (Å²) < 4.78 is 56.0. The van der Waals surface area contributed by atoms with E-state index in [2.05, 4.69) is 20.0 Å². The third-order valence-corrected chi connectivity index (χ3v) is 8.24. The Morgan fingerprint density at radius 2 is 1.90 bits per heavy atom. The molecule has 4 rings (SSSR count). The smallest absolute Gasteiger partial charge is 0.241 e. The molecule has 1 saturated heterocycles. The predicted octanol–water partition coefficient (Wildman–Crippen LogP) is 3.67. The third-order valence-electron chi connectivity index (χ3n) is 6.76. The summed E-state index contributed by atoms with van der Waals surface area (Å²) in [6.07, 6.45) is 3.67. The molecule has 3 N–H and O–H groups in total. The lowest BCUT2D eigenvalue weighted by molar-refractivity contribution is -0.137. The number of piperidine rings is 1. The first-order valence-electron chi connectivity index (χ1n) is 12.7. The first kappa shape index (κ1) is 28.4. The van der Waals surface area contributed by atoms with E-state index in [-0.39, 0.29) is 40.3 Å². The van der Waals surface area contributed by atoms with Crippen LogP contribution in [-0.4, -0.2) is 53.7 Å². The van der Waals surface area contributed by atoms with Gasteiger partial charge in [0, 0.05) is 24.2 Å². The van der Waals surface area contributed by atoms with Gasteiger partial charge < -0.3 is 15.2 Å².